The molecule has 2 aliphatic heterocycles. The summed E-state index contributed by atoms with van der Waals surface area (Å²) in [7, 11) is 0. The Morgan fingerprint density at radius 1 is 0.625 bits per heavy atom. The minimum Gasteiger partial charge on any atom is -0.381 e. The Balaban J connectivity index is 1.03. The fraction of sp³-hybridized carbons (Fsp3) is 0.220. The largest absolute Gasteiger partial charge is 0.381 e. The Bertz CT molecular complexity index is 3350. The van der Waals surface area contributed by atoms with E-state index in [-0.39, 0.29) is 35.1 Å². The highest BCUT2D eigenvalue weighted by Crippen LogP contribution is 2.51. The summed E-state index contributed by atoms with van der Waals surface area (Å²) in [5.41, 5.74) is 18.4. The summed E-state index contributed by atoms with van der Waals surface area (Å²) in [5, 5.41) is 16.9. The molecule has 7 aromatic rings. The Labute approximate surface area is 376 Å². The lowest BCUT2D eigenvalue weighted by Crippen LogP contribution is -2.52. The molecule has 4 unspecified atom stereocenters. The van der Waals surface area contributed by atoms with Crippen LogP contribution in [0.3, 0.4) is 0 Å². The molecule has 314 valence electrons. The fourth-order valence-electron chi connectivity index (χ4n) is 11.6. The summed E-state index contributed by atoms with van der Waals surface area (Å²) in [4.78, 5) is 10.9. The first kappa shape index (κ1) is 38.8. The number of amidine groups is 1. The van der Waals surface area contributed by atoms with E-state index in [1.54, 1.807) is 0 Å². The van der Waals surface area contributed by atoms with Crippen molar-refractivity contribution >= 4 is 34.0 Å². The maximum atomic E-state index is 5.60. The van der Waals surface area contributed by atoms with Gasteiger partial charge in [-0.2, -0.15) is 0 Å². The maximum Gasteiger partial charge on any atom is 0.131 e. The highest BCUT2D eigenvalue weighted by molar-refractivity contribution is 6.01. The number of fused-ring (bicyclic) bond motifs is 8. The van der Waals surface area contributed by atoms with Crippen molar-refractivity contribution in [1.29, 1.82) is 0 Å². The number of pyridine rings is 1. The number of aromatic nitrogens is 1. The van der Waals surface area contributed by atoms with Crippen LogP contribution >= 0.6 is 0 Å². The molecule has 0 saturated heterocycles. The van der Waals surface area contributed by atoms with Gasteiger partial charge in [-0.1, -0.05) is 173 Å². The Morgan fingerprint density at radius 2 is 1.28 bits per heavy atom. The summed E-state index contributed by atoms with van der Waals surface area (Å²) in [6.07, 6.45) is 7.50. The van der Waals surface area contributed by atoms with Gasteiger partial charge in [0.05, 0.1) is 5.69 Å². The number of nitrogens with zero attached hydrogens (tertiary/aromatic N) is 2. The second-order valence-electron chi connectivity index (χ2n) is 19.6. The molecule has 6 aromatic carbocycles. The SMILES string of the molecule is Cc1cc2ccccc2c(C2=CC(C3NC(c4ccc5c(c4)C(C)(C)c4ccccc4-5)=NC(c4ccc5c(c4)C(C)(C)c4ccccc4-5)N3)=CC(C3=c4ccccc4=CC(C)N3)C2)n1. The molecule has 4 atom stereocenters. The molecule has 3 N–H and O–H groups in total. The lowest BCUT2D eigenvalue weighted by atomic mass is 9.81. The fourth-order valence-corrected chi connectivity index (χ4v) is 11.6. The van der Waals surface area contributed by atoms with Gasteiger partial charge in [-0.15, -0.1) is 0 Å². The molecule has 5 aliphatic rings. The Kier molecular flexibility index (Phi) is 8.71. The van der Waals surface area contributed by atoms with Gasteiger partial charge in [0, 0.05) is 50.3 Å². The number of aryl methyl sites for hydroxylation is 1. The van der Waals surface area contributed by atoms with Crippen molar-refractivity contribution in [1.82, 2.24) is 20.9 Å². The molecule has 0 spiro atoms. The van der Waals surface area contributed by atoms with Crippen LogP contribution in [0.2, 0.25) is 0 Å². The van der Waals surface area contributed by atoms with E-state index in [0.29, 0.717) is 0 Å². The van der Waals surface area contributed by atoms with E-state index in [2.05, 4.69) is 215 Å². The highest BCUT2D eigenvalue weighted by Gasteiger charge is 2.39. The Hall–Kier alpha value is -6.82. The van der Waals surface area contributed by atoms with E-state index < -0.39 is 0 Å². The predicted molar refractivity (Wildman–Crippen MR) is 264 cm³/mol. The van der Waals surface area contributed by atoms with Crippen LogP contribution in [0.15, 0.2) is 162 Å². The number of hydrogen-bond donors (Lipinski definition) is 3. The second-order valence-corrected chi connectivity index (χ2v) is 19.6. The molecule has 12 rings (SSSR count). The zero-order chi connectivity index (χ0) is 43.5. The molecule has 5 nitrogen and oxygen atoms in total. The molecular formula is C59H53N5. The molecule has 0 amide bonds. The van der Waals surface area contributed by atoms with Crippen LogP contribution in [0.25, 0.3) is 50.4 Å². The predicted octanol–water partition coefficient (Wildman–Crippen LogP) is 10.7. The van der Waals surface area contributed by atoms with Crippen molar-refractivity contribution < 1.29 is 0 Å². The first-order valence-corrected chi connectivity index (χ1v) is 23.0. The van der Waals surface area contributed by atoms with Gasteiger partial charge in [0.1, 0.15) is 18.2 Å². The summed E-state index contributed by atoms with van der Waals surface area (Å²) in [6.45, 7) is 13.8. The van der Waals surface area contributed by atoms with Crippen molar-refractivity contribution in [3.8, 4) is 22.3 Å². The van der Waals surface area contributed by atoms with Gasteiger partial charge in [0.2, 0.25) is 0 Å². The third-order valence-electron chi connectivity index (χ3n) is 14.8. The van der Waals surface area contributed by atoms with Gasteiger partial charge in [0.15, 0.2) is 0 Å². The topological polar surface area (TPSA) is 61.3 Å². The average Bonchev–Trinajstić information content (AvgIpc) is 3.69. The van der Waals surface area contributed by atoms with Gasteiger partial charge in [-0.25, -0.2) is 4.99 Å². The molecular weight excluding hydrogens is 779 g/mol. The standard InChI is InChI=1S/C59H53N5/c1-34-27-36-15-7-9-17-43(36)53(60-34)40-29-41(54-44-18-10-8-16-37(44)28-35(2)61-54)31-42(30-40)57-63-55(38-23-25-47-45-19-11-13-21-49(45)58(3,4)51(47)32-38)62-56(64-57)39-24-26-48-46-20-12-14-22-50(46)59(5,6)52(48)33-39/h7-28,30-34,40,55,57,60,63H,29H2,1-6H3,(H,62,64). The smallest absolute Gasteiger partial charge is 0.131 e. The maximum absolute atomic E-state index is 5.60. The lowest BCUT2D eigenvalue weighted by Gasteiger charge is -2.36. The van der Waals surface area contributed by atoms with Gasteiger partial charge < -0.3 is 10.6 Å². The third kappa shape index (κ3) is 6.08. The molecule has 5 heteroatoms. The van der Waals surface area contributed by atoms with Crippen molar-refractivity contribution in [3.05, 3.63) is 212 Å². The van der Waals surface area contributed by atoms with E-state index in [9.17, 15) is 0 Å². The summed E-state index contributed by atoms with van der Waals surface area (Å²) < 4.78 is 0. The minimum absolute atomic E-state index is 0.0799. The average molecular weight is 832 g/mol. The van der Waals surface area contributed by atoms with Crippen LogP contribution in [0.4, 0.5) is 0 Å². The Morgan fingerprint density at radius 3 is 2.06 bits per heavy atom. The molecule has 64 heavy (non-hydrogen) atoms. The van der Waals surface area contributed by atoms with Gasteiger partial charge in [-0.05, 0) is 104 Å². The number of rotatable bonds is 5. The van der Waals surface area contributed by atoms with Crippen molar-refractivity contribution in [3.63, 3.8) is 0 Å². The number of aliphatic imine (C=N–C) groups is 1. The minimum atomic E-state index is -0.309. The second kappa shape index (κ2) is 14.4. The quantitative estimate of drug-likeness (QED) is 0.162. The van der Waals surface area contributed by atoms with Gasteiger partial charge in [0.25, 0.3) is 0 Å². The summed E-state index contributed by atoms with van der Waals surface area (Å²) >= 11 is 0. The summed E-state index contributed by atoms with van der Waals surface area (Å²) in [6, 6.07) is 51.7. The van der Waals surface area contributed by atoms with Crippen LogP contribution < -0.4 is 26.4 Å². The number of nitrogens with one attached hydrogen (secondary N) is 3. The number of allylic oxidation sites excluding steroid dienone is 1. The third-order valence-corrected chi connectivity index (χ3v) is 14.8. The zero-order valence-corrected chi connectivity index (χ0v) is 37.4. The van der Waals surface area contributed by atoms with E-state index in [4.69, 9.17) is 9.98 Å². The van der Waals surface area contributed by atoms with E-state index in [1.807, 2.05) is 0 Å². The van der Waals surface area contributed by atoms with Crippen LogP contribution in [-0.2, 0) is 10.8 Å². The first-order chi connectivity index (χ1) is 31.0. The van der Waals surface area contributed by atoms with Crippen molar-refractivity contribution in [2.75, 3.05) is 0 Å². The van der Waals surface area contributed by atoms with E-state index >= 15 is 0 Å². The molecule has 3 heterocycles. The van der Waals surface area contributed by atoms with E-state index in [0.717, 1.165) is 34.8 Å². The molecule has 0 fully saturated rings. The summed E-state index contributed by atoms with van der Waals surface area (Å²) in [5.74, 6) is 0.969. The monoisotopic (exact) mass is 831 g/mol. The lowest BCUT2D eigenvalue weighted by molar-refractivity contribution is 0.438. The van der Waals surface area contributed by atoms with E-state index in [1.165, 1.54) is 82.6 Å². The zero-order valence-electron chi connectivity index (χ0n) is 37.4. The van der Waals surface area contributed by atoms with Crippen molar-refractivity contribution in [2.45, 2.75) is 77.2 Å². The van der Waals surface area contributed by atoms with Gasteiger partial charge >= 0.3 is 0 Å². The number of hydrogen-bond acceptors (Lipinski definition) is 5. The van der Waals surface area contributed by atoms with Crippen molar-refractivity contribution in [2.24, 2.45) is 10.9 Å². The van der Waals surface area contributed by atoms with Crippen LogP contribution in [-0.4, -0.2) is 23.0 Å². The normalized spacial score (nSPS) is 22.0. The molecule has 0 bridgehead atoms. The van der Waals surface area contributed by atoms with Crippen LogP contribution in [0, 0.1) is 12.8 Å². The molecule has 0 radical (unpaired) electrons. The number of benzene rings is 6. The molecule has 3 aliphatic carbocycles. The first-order valence-electron chi connectivity index (χ1n) is 23.0. The highest BCUT2D eigenvalue weighted by atomic mass is 15.3. The van der Waals surface area contributed by atoms with Crippen LogP contribution in [0.1, 0.15) is 92.0 Å². The molecule has 1 aromatic heterocycles. The molecule has 0 saturated carbocycles. The van der Waals surface area contributed by atoms with Crippen LogP contribution in [0.5, 0.6) is 0 Å². The van der Waals surface area contributed by atoms with Gasteiger partial charge in [-0.3, -0.25) is 10.3 Å².